The summed E-state index contributed by atoms with van der Waals surface area (Å²) in [6.07, 6.45) is 0. The highest BCUT2D eigenvalue weighted by molar-refractivity contribution is 5.91. The molecule has 8 heteroatoms. The minimum Gasteiger partial charge on any atom is -0.456 e. The second-order valence-corrected chi connectivity index (χ2v) is 7.82. The number of rotatable bonds is 4. The van der Waals surface area contributed by atoms with Crippen LogP contribution >= 0.6 is 0 Å². The summed E-state index contributed by atoms with van der Waals surface area (Å²) >= 11 is 0. The fraction of sp³-hybridized carbons (Fsp3) is 0.455. The van der Waals surface area contributed by atoms with Crippen LogP contribution in [0.2, 0.25) is 0 Å². The number of benzene rings is 1. The number of furan rings is 1. The van der Waals surface area contributed by atoms with Crippen LogP contribution in [-0.2, 0) is 4.79 Å². The Hall–Kier alpha value is -2.87. The van der Waals surface area contributed by atoms with Gasteiger partial charge in [-0.2, -0.15) is 0 Å². The standard InChI is InChI=1S/C22H27FN4O3/c1-17-2-7-20(30-17)22(29)27-10-8-24(9-11-27)16-21(28)26-14-12-25(13-15-26)19-5-3-18(23)4-6-19/h2-7H,8-16H2,1H3. The van der Waals surface area contributed by atoms with Crippen molar-refractivity contribution in [2.24, 2.45) is 0 Å². The van der Waals surface area contributed by atoms with E-state index in [2.05, 4.69) is 9.80 Å². The molecule has 2 aliphatic heterocycles. The fourth-order valence-corrected chi connectivity index (χ4v) is 3.97. The summed E-state index contributed by atoms with van der Waals surface area (Å²) in [5, 5.41) is 0. The van der Waals surface area contributed by atoms with E-state index in [1.54, 1.807) is 29.2 Å². The van der Waals surface area contributed by atoms with E-state index < -0.39 is 0 Å². The third kappa shape index (κ3) is 4.64. The first-order valence-electron chi connectivity index (χ1n) is 10.4. The second-order valence-electron chi connectivity index (χ2n) is 7.82. The average Bonchev–Trinajstić information content (AvgIpc) is 3.21. The zero-order valence-electron chi connectivity index (χ0n) is 17.2. The summed E-state index contributed by atoms with van der Waals surface area (Å²) in [5.74, 6) is 0.882. The lowest BCUT2D eigenvalue weighted by Gasteiger charge is -2.38. The van der Waals surface area contributed by atoms with E-state index in [9.17, 15) is 14.0 Å². The molecule has 0 aliphatic carbocycles. The minimum atomic E-state index is -0.242. The van der Waals surface area contributed by atoms with Gasteiger partial charge >= 0.3 is 0 Å². The second kappa shape index (κ2) is 8.87. The maximum Gasteiger partial charge on any atom is 0.289 e. The third-order valence-corrected chi connectivity index (χ3v) is 5.79. The molecular weight excluding hydrogens is 387 g/mol. The highest BCUT2D eigenvalue weighted by Gasteiger charge is 2.27. The lowest BCUT2D eigenvalue weighted by molar-refractivity contribution is -0.133. The van der Waals surface area contributed by atoms with Crippen molar-refractivity contribution in [3.63, 3.8) is 0 Å². The van der Waals surface area contributed by atoms with Gasteiger partial charge < -0.3 is 19.1 Å². The zero-order valence-corrected chi connectivity index (χ0v) is 17.2. The summed E-state index contributed by atoms with van der Waals surface area (Å²) < 4.78 is 18.5. The van der Waals surface area contributed by atoms with Gasteiger partial charge in [0.15, 0.2) is 5.76 Å². The molecule has 0 radical (unpaired) electrons. The predicted molar refractivity (Wildman–Crippen MR) is 111 cm³/mol. The number of nitrogens with zero attached hydrogens (tertiary/aromatic N) is 4. The van der Waals surface area contributed by atoms with Crippen LogP contribution in [0.25, 0.3) is 0 Å². The first-order valence-corrected chi connectivity index (χ1v) is 10.4. The Labute approximate surface area is 175 Å². The van der Waals surface area contributed by atoms with Gasteiger partial charge in [-0.3, -0.25) is 14.5 Å². The van der Waals surface area contributed by atoms with Crippen molar-refractivity contribution >= 4 is 17.5 Å². The number of aryl methyl sites for hydroxylation is 1. The van der Waals surface area contributed by atoms with Crippen LogP contribution in [0.1, 0.15) is 16.3 Å². The first-order chi connectivity index (χ1) is 14.5. The smallest absolute Gasteiger partial charge is 0.289 e. The number of amides is 2. The molecule has 2 aromatic rings. The van der Waals surface area contributed by atoms with Crippen LogP contribution in [0.15, 0.2) is 40.8 Å². The normalized spacial score (nSPS) is 18.0. The Morgan fingerprint density at radius 1 is 0.867 bits per heavy atom. The Balaban J connectivity index is 1.22. The number of anilines is 1. The molecule has 0 saturated carbocycles. The van der Waals surface area contributed by atoms with Crippen molar-refractivity contribution in [2.75, 3.05) is 63.8 Å². The lowest BCUT2D eigenvalue weighted by atomic mass is 10.2. The number of piperazine rings is 2. The molecule has 0 N–H and O–H groups in total. The minimum absolute atomic E-state index is 0.0917. The van der Waals surface area contributed by atoms with Crippen molar-refractivity contribution in [3.05, 3.63) is 53.7 Å². The third-order valence-electron chi connectivity index (χ3n) is 5.79. The lowest BCUT2D eigenvalue weighted by Crippen LogP contribution is -2.54. The van der Waals surface area contributed by atoms with E-state index in [4.69, 9.17) is 4.42 Å². The molecule has 7 nitrogen and oxygen atoms in total. The van der Waals surface area contributed by atoms with Crippen LogP contribution in [-0.4, -0.2) is 85.4 Å². The van der Waals surface area contributed by atoms with Crippen LogP contribution < -0.4 is 4.90 Å². The van der Waals surface area contributed by atoms with E-state index >= 15 is 0 Å². The van der Waals surface area contributed by atoms with E-state index in [1.807, 2.05) is 11.8 Å². The number of carbonyl (C=O) groups excluding carboxylic acids is 2. The van der Waals surface area contributed by atoms with Crippen molar-refractivity contribution in [3.8, 4) is 0 Å². The molecule has 1 aromatic heterocycles. The molecule has 1 aromatic carbocycles. The van der Waals surface area contributed by atoms with Crippen LogP contribution in [0.3, 0.4) is 0 Å². The van der Waals surface area contributed by atoms with Gasteiger partial charge in [0.2, 0.25) is 5.91 Å². The Kier molecular flexibility index (Phi) is 6.03. The molecule has 4 rings (SSSR count). The highest BCUT2D eigenvalue weighted by Crippen LogP contribution is 2.17. The molecule has 2 amide bonds. The van der Waals surface area contributed by atoms with Gasteiger partial charge in [0.05, 0.1) is 6.54 Å². The number of carbonyl (C=O) groups is 2. The molecule has 30 heavy (non-hydrogen) atoms. The average molecular weight is 414 g/mol. The van der Waals surface area contributed by atoms with Gasteiger partial charge in [-0.25, -0.2) is 4.39 Å². The maximum atomic E-state index is 13.1. The van der Waals surface area contributed by atoms with E-state index in [1.165, 1.54) is 12.1 Å². The summed E-state index contributed by atoms with van der Waals surface area (Å²) in [7, 11) is 0. The summed E-state index contributed by atoms with van der Waals surface area (Å²) in [6, 6.07) is 9.97. The van der Waals surface area contributed by atoms with E-state index in [0.717, 1.165) is 24.5 Å². The van der Waals surface area contributed by atoms with Crippen molar-refractivity contribution in [2.45, 2.75) is 6.92 Å². The quantitative estimate of drug-likeness (QED) is 0.764. The fourth-order valence-electron chi connectivity index (χ4n) is 3.97. The van der Waals surface area contributed by atoms with Crippen LogP contribution in [0, 0.1) is 12.7 Å². The largest absolute Gasteiger partial charge is 0.456 e. The van der Waals surface area contributed by atoms with Gasteiger partial charge in [-0.1, -0.05) is 0 Å². The topological polar surface area (TPSA) is 60.2 Å². The molecule has 160 valence electrons. The highest BCUT2D eigenvalue weighted by atomic mass is 19.1. The molecule has 0 unspecified atom stereocenters. The van der Waals surface area contributed by atoms with E-state index in [-0.39, 0.29) is 17.6 Å². The van der Waals surface area contributed by atoms with Crippen LogP contribution in [0.5, 0.6) is 0 Å². The molecule has 2 fully saturated rings. The van der Waals surface area contributed by atoms with Gasteiger partial charge in [-0.05, 0) is 43.3 Å². The van der Waals surface area contributed by atoms with Gasteiger partial charge in [0, 0.05) is 58.0 Å². The molecule has 2 aliphatic rings. The van der Waals surface area contributed by atoms with Gasteiger partial charge in [0.25, 0.3) is 5.91 Å². The molecule has 0 bridgehead atoms. The van der Waals surface area contributed by atoms with Crippen molar-refractivity contribution in [1.82, 2.24) is 14.7 Å². The number of hydrogen-bond acceptors (Lipinski definition) is 5. The van der Waals surface area contributed by atoms with Crippen molar-refractivity contribution < 1.29 is 18.4 Å². The monoisotopic (exact) mass is 414 g/mol. The first kappa shape index (κ1) is 20.4. The maximum absolute atomic E-state index is 13.1. The summed E-state index contributed by atoms with van der Waals surface area (Å²) in [6.45, 7) is 7.51. The molecule has 2 saturated heterocycles. The Morgan fingerprint density at radius 3 is 2.10 bits per heavy atom. The predicted octanol–water partition coefficient (Wildman–Crippen LogP) is 1.83. The molecule has 0 spiro atoms. The zero-order chi connectivity index (χ0) is 21.1. The number of hydrogen-bond donors (Lipinski definition) is 0. The number of halogens is 1. The summed E-state index contributed by atoms with van der Waals surface area (Å²) in [4.78, 5) is 33.1. The van der Waals surface area contributed by atoms with Gasteiger partial charge in [0.1, 0.15) is 11.6 Å². The Bertz CT molecular complexity index is 882. The summed E-state index contributed by atoms with van der Waals surface area (Å²) in [5.41, 5.74) is 0.982. The van der Waals surface area contributed by atoms with Crippen molar-refractivity contribution in [1.29, 1.82) is 0 Å². The Morgan fingerprint density at radius 2 is 1.50 bits per heavy atom. The van der Waals surface area contributed by atoms with Crippen LogP contribution in [0.4, 0.5) is 10.1 Å². The molecular formula is C22H27FN4O3. The molecule has 3 heterocycles. The van der Waals surface area contributed by atoms with E-state index in [0.29, 0.717) is 51.6 Å². The molecule has 0 atom stereocenters. The van der Waals surface area contributed by atoms with Gasteiger partial charge in [-0.15, -0.1) is 0 Å². The SMILES string of the molecule is Cc1ccc(C(=O)N2CCN(CC(=O)N3CCN(c4ccc(F)cc4)CC3)CC2)o1.